The Balaban J connectivity index is -0.0000000450. The van der Waals surface area contributed by atoms with Crippen LogP contribution in [0, 0.1) is 51.4 Å². The molecule has 0 aliphatic rings. The maximum Gasteiger partial charge on any atom is 0.291 e. The first-order valence-corrected chi connectivity index (χ1v) is 0.565. The second-order valence-electron chi connectivity index (χ2n) is 0.238. The Morgan fingerprint density at radius 1 is 1.67 bits per heavy atom. The van der Waals surface area contributed by atoms with E-state index in [9.17, 15) is 0 Å². The van der Waals surface area contributed by atoms with Gasteiger partial charge in [0.1, 0.15) is 0 Å². The smallest absolute Gasteiger partial charge is 0.291 e. The van der Waals surface area contributed by atoms with Crippen LogP contribution in [0.15, 0.2) is 0 Å². The third kappa shape index (κ3) is 73.3. The van der Waals surface area contributed by atoms with Gasteiger partial charge in [-0.3, -0.25) is 0 Å². The molecule has 0 aromatic heterocycles. The monoisotopic (exact) mass is 263 g/mol. The Morgan fingerprint density at radius 3 is 1.67 bits per heavy atom. The fraction of sp³-hybridized carbons (Fsp3) is 0. The van der Waals surface area contributed by atoms with Crippen molar-refractivity contribution in [3.8, 4) is 0 Å². The van der Waals surface area contributed by atoms with Crippen LogP contribution in [-0.4, -0.2) is 10.3 Å². The molecule has 1 N–H and O–H groups in total. The molecule has 0 amide bonds. The van der Waals surface area contributed by atoms with Crippen LogP contribution in [0.3, 0.4) is 0 Å². The van der Waals surface area contributed by atoms with Crippen LogP contribution in [0.1, 0.15) is 0 Å². The van der Waals surface area contributed by atoms with Gasteiger partial charge in [0.05, 0.1) is 0 Å². The van der Waals surface area contributed by atoms with Gasteiger partial charge in [-0.25, -0.2) is 0 Å². The molecule has 0 saturated heterocycles. The molecule has 2 radical (unpaired) electrons. The van der Waals surface area contributed by atoms with Crippen molar-refractivity contribution in [3.63, 3.8) is 0 Å². The van der Waals surface area contributed by atoms with Gasteiger partial charge in [0.15, 0.2) is 0 Å². The third-order valence-electron chi connectivity index (χ3n) is 0. The second kappa shape index (κ2) is 9.42. The molecule has 4 nitrogen and oxygen atoms in total. The Hall–Kier alpha value is 1.07. The molecule has 0 fully saturated rings. The molecule has 0 heterocycles. The summed E-state index contributed by atoms with van der Waals surface area (Å²) in [5.74, 6) is 0. The predicted octanol–water partition coefficient (Wildman–Crippen LogP) is -0.350. The topological polar surface area (TPSA) is 63.4 Å². The van der Waals surface area contributed by atoms with E-state index in [4.69, 9.17) is 15.3 Å². The normalized spacial score (nSPS) is 4.00. The molecule has 0 saturated carbocycles. The first kappa shape index (κ1) is 15.7. The number of hydrogen-bond acceptors (Lipinski definition) is 2. The van der Waals surface area contributed by atoms with E-state index in [1.165, 1.54) is 0 Å². The summed E-state index contributed by atoms with van der Waals surface area (Å²) < 4.78 is 0. The van der Waals surface area contributed by atoms with Crippen molar-refractivity contribution in [2.24, 2.45) is 0 Å². The van der Waals surface area contributed by atoms with Gasteiger partial charge in [-0.2, -0.15) is 0 Å². The standard InChI is InChI=1S/Co.HNO3.Pr/c;2-1(3)4;/h;(H,2,3,4);. The molecule has 0 aromatic rings. The van der Waals surface area contributed by atoms with Crippen LogP contribution in [0.4, 0.5) is 0 Å². The second-order valence-corrected chi connectivity index (χ2v) is 0.238. The Morgan fingerprint density at radius 2 is 1.67 bits per heavy atom. The first-order valence-electron chi connectivity index (χ1n) is 0.565. The van der Waals surface area contributed by atoms with Gasteiger partial charge in [-0.1, -0.05) is 0 Å². The van der Waals surface area contributed by atoms with Crippen molar-refractivity contribution < 1.29 is 68.4 Å². The van der Waals surface area contributed by atoms with Crippen LogP contribution < -0.4 is 0 Å². The first-order chi connectivity index (χ1) is 1.73. The number of rotatable bonds is 0. The van der Waals surface area contributed by atoms with Gasteiger partial charge >= 0.3 is 0 Å². The average molecular weight is 263 g/mol. The zero-order valence-electron chi connectivity index (χ0n) is 2.62. The maximum atomic E-state index is 8.36. The van der Waals surface area contributed by atoms with E-state index in [0.29, 0.717) is 0 Å². The van der Waals surface area contributed by atoms with Crippen molar-refractivity contribution in [2.45, 2.75) is 0 Å². The summed E-state index contributed by atoms with van der Waals surface area (Å²) in [6, 6.07) is 0. The van der Waals surface area contributed by atoms with E-state index in [1.54, 1.807) is 0 Å². The van der Waals surface area contributed by atoms with Crippen LogP contribution in [0.5, 0.6) is 0 Å². The van der Waals surface area contributed by atoms with E-state index in [2.05, 4.69) is 0 Å². The zero-order chi connectivity index (χ0) is 3.58. The summed E-state index contributed by atoms with van der Waals surface area (Å²) in [5, 5.41) is 13.6. The summed E-state index contributed by atoms with van der Waals surface area (Å²) in [6.07, 6.45) is 0. The van der Waals surface area contributed by atoms with Gasteiger partial charge in [-0.05, 0) is 0 Å². The molecule has 36 valence electrons. The Labute approximate surface area is 77.6 Å². The maximum absolute atomic E-state index is 8.36. The molecular weight excluding hydrogens is 262 g/mol. The SMILES string of the molecule is O=[N+]([O-])O.[Co].[Pr]. The van der Waals surface area contributed by atoms with E-state index in [1.807, 2.05) is 0 Å². The minimum Gasteiger partial charge on any atom is -0.328 e. The summed E-state index contributed by atoms with van der Waals surface area (Å²) in [7, 11) is 0. The number of hydrogen-bond donors (Lipinski definition) is 1. The van der Waals surface area contributed by atoms with E-state index < -0.39 is 5.09 Å². The molecule has 0 spiro atoms. The average Bonchev–Trinajstić information content (AvgIpc) is 0.811. The predicted molar refractivity (Wildman–Crippen MR) is 8.78 cm³/mol. The van der Waals surface area contributed by atoms with Crippen molar-refractivity contribution in [1.29, 1.82) is 0 Å². The summed E-state index contributed by atoms with van der Waals surface area (Å²) >= 11 is 0. The molecule has 0 aliphatic carbocycles. The van der Waals surface area contributed by atoms with Crippen LogP contribution in [0.2, 0.25) is 0 Å². The zero-order valence-corrected chi connectivity index (χ0v) is 7.37. The fourth-order valence-electron chi connectivity index (χ4n) is 0. The quantitative estimate of drug-likeness (QED) is 0.480. The Kier molecular flexibility index (Phi) is 24.7. The molecular formula is HCoNO3Pr. The van der Waals surface area contributed by atoms with Crippen molar-refractivity contribution in [2.75, 3.05) is 0 Å². The molecule has 0 unspecified atom stereocenters. The molecule has 6 heavy (non-hydrogen) atoms. The minimum atomic E-state index is -1.50. The summed E-state index contributed by atoms with van der Waals surface area (Å²) in [4.78, 5) is 8.36. The fourth-order valence-corrected chi connectivity index (χ4v) is 0. The van der Waals surface area contributed by atoms with E-state index in [-0.39, 0.29) is 58.1 Å². The molecule has 6 heteroatoms. The van der Waals surface area contributed by atoms with Gasteiger partial charge in [0.2, 0.25) is 0 Å². The number of nitrogens with zero attached hydrogens (tertiary/aromatic N) is 1. The molecule has 0 atom stereocenters. The summed E-state index contributed by atoms with van der Waals surface area (Å²) in [5.41, 5.74) is 0. The largest absolute Gasteiger partial charge is 0.328 e. The van der Waals surface area contributed by atoms with Crippen LogP contribution in [-0.2, 0) is 16.8 Å². The van der Waals surface area contributed by atoms with Crippen molar-refractivity contribution in [3.05, 3.63) is 10.1 Å². The van der Waals surface area contributed by atoms with Gasteiger partial charge in [0.25, 0.3) is 5.09 Å². The van der Waals surface area contributed by atoms with Crippen molar-refractivity contribution in [1.82, 2.24) is 0 Å². The molecule has 0 aromatic carbocycles. The van der Waals surface area contributed by atoms with Crippen LogP contribution in [0.25, 0.3) is 0 Å². The molecule has 0 bridgehead atoms. The van der Waals surface area contributed by atoms with Crippen LogP contribution >= 0.6 is 0 Å². The molecule has 0 aliphatic heterocycles. The van der Waals surface area contributed by atoms with E-state index >= 15 is 0 Å². The van der Waals surface area contributed by atoms with Gasteiger partial charge in [-0.15, -0.1) is 10.1 Å². The van der Waals surface area contributed by atoms with Gasteiger partial charge in [0, 0.05) is 58.1 Å². The minimum absolute atomic E-state index is 0. The summed E-state index contributed by atoms with van der Waals surface area (Å²) in [6.45, 7) is 0. The molecule has 0 rings (SSSR count). The van der Waals surface area contributed by atoms with E-state index in [0.717, 1.165) is 0 Å². The van der Waals surface area contributed by atoms with Crippen molar-refractivity contribution >= 4 is 0 Å². The van der Waals surface area contributed by atoms with Gasteiger partial charge < -0.3 is 5.21 Å². The Bertz CT molecular complexity index is 33.8. The third-order valence-corrected chi connectivity index (χ3v) is 0.